The Hall–Kier alpha value is -1.84. The maximum Gasteiger partial charge on any atom is 0.0994 e. The van der Waals surface area contributed by atoms with Crippen LogP contribution in [0.1, 0.15) is 29.2 Å². The molecule has 0 heterocycles. The van der Waals surface area contributed by atoms with E-state index in [9.17, 15) is 0 Å². The number of nitriles is 2. The van der Waals surface area contributed by atoms with Gasteiger partial charge in [-0.25, -0.2) is 0 Å². The molecule has 70 valence electrons. The van der Waals surface area contributed by atoms with E-state index in [0.717, 1.165) is 11.1 Å². The second-order valence-electron chi connectivity index (χ2n) is 3.15. The van der Waals surface area contributed by atoms with E-state index in [1.54, 1.807) is 12.1 Å². The molecule has 1 aromatic carbocycles. The summed E-state index contributed by atoms with van der Waals surface area (Å²) in [6.45, 7) is 1.86. The van der Waals surface area contributed by atoms with Crippen molar-refractivity contribution in [3.63, 3.8) is 0 Å². The van der Waals surface area contributed by atoms with Gasteiger partial charge >= 0.3 is 0 Å². The largest absolute Gasteiger partial charge is 0.323 e. The summed E-state index contributed by atoms with van der Waals surface area (Å²) in [6.07, 6.45) is 0.297. The number of hydrogen-bond donors (Lipinski definition) is 1. The highest BCUT2D eigenvalue weighted by Gasteiger charge is 2.06. The molecule has 14 heavy (non-hydrogen) atoms. The third-order valence-electron chi connectivity index (χ3n) is 2.11. The third-order valence-corrected chi connectivity index (χ3v) is 2.11. The fourth-order valence-electron chi connectivity index (χ4n) is 1.26. The zero-order valence-corrected chi connectivity index (χ0v) is 7.99. The minimum atomic E-state index is -0.258. The fraction of sp³-hybridized carbons (Fsp3) is 0.273. The summed E-state index contributed by atoms with van der Waals surface area (Å²) in [5.74, 6) is 0. The van der Waals surface area contributed by atoms with Crippen LogP contribution in [0, 0.1) is 29.6 Å². The lowest BCUT2D eigenvalue weighted by molar-refractivity contribution is 0.747. The molecule has 0 amide bonds. The molecule has 0 bridgehead atoms. The van der Waals surface area contributed by atoms with Crippen LogP contribution in [0.2, 0.25) is 0 Å². The predicted octanol–water partition coefficient (Wildman–Crippen LogP) is 1.78. The number of nitrogens with two attached hydrogens (primary N) is 1. The van der Waals surface area contributed by atoms with Gasteiger partial charge in [-0.15, -0.1) is 0 Å². The summed E-state index contributed by atoms with van der Waals surface area (Å²) in [7, 11) is 0. The number of aryl methyl sites for hydroxylation is 1. The second kappa shape index (κ2) is 4.41. The smallest absolute Gasteiger partial charge is 0.0994 e. The van der Waals surface area contributed by atoms with E-state index in [1.165, 1.54) is 0 Å². The summed E-state index contributed by atoms with van der Waals surface area (Å²) in [5, 5.41) is 17.2. The van der Waals surface area contributed by atoms with E-state index in [-0.39, 0.29) is 6.04 Å². The Morgan fingerprint density at radius 1 is 1.43 bits per heavy atom. The van der Waals surface area contributed by atoms with Gasteiger partial charge in [-0.05, 0) is 24.1 Å². The van der Waals surface area contributed by atoms with Crippen molar-refractivity contribution < 1.29 is 0 Å². The Kier molecular flexibility index (Phi) is 3.23. The minimum absolute atomic E-state index is 0.258. The van der Waals surface area contributed by atoms with Crippen molar-refractivity contribution in [1.29, 1.82) is 10.5 Å². The molecule has 0 aromatic heterocycles. The van der Waals surface area contributed by atoms with Gasteiger partial charge in [-0.1, -0.05) is 12.1 Å². The van der Waals surface area contributed by atoms with Crippen molar-refractivity contribution in [3.8, 4) is 12.1 Å². The van der Waals surface area contributed by atoms with Crippen molar-refractivity contribution >= 4 is 0 Å². The highest BCUT2D eigenvalue weighted by atomic mass is 14.6. The van der Waals surface area contributed by atoms with Gasteiger partial charge in [-0.2, -0.15) is 10.5 Å². The molecule has 2 N–H and O–H groups in total. The van der Waals surface area contributed by atoms with Gasteiger partial charge in [-0.3, -0.25) is 0 Å². The van der Waals surface area contributed by atoms with E-state index in [4.69, 9.17) is 16.3 Å². The molecular weight excluding hydrogens is 174 g/mol. The van der Waals surface area contributed by atoms with Gasteiger partial charge in [0.1, 0.15) is 0 Å². The Bertz CT molecular complexity index is 410. The van der Waals surface area contributed by atoms with Crippen molar-refractivity contribution in [2.24, 2.45) is 5.73 Å². The molecule has 0 aliphatic carbocycles. The summed E-state index contributed by atoms with van der Waals surface area (Å²) in [6, 6.07) is 9.25. The van der Waals surface area contributed by atoms with Gasteiger partial charge in [0.05, 0.1) is 24.1 Å². The van der Waals surface area contributed by atoms with Gasteiger partial charge in [0, 0.05) is 6.04 Å². The van der Waals surface area contributed by atoms with Crippen LogP contribution in [-0.4, -0.2) is 0 Å². The summed E-state index contributed by atoms with van der Waals surface area (Å²) < 4.78 is 0. The van der Waals surface area contributed by atoms with Crippen LogP contribution in [0.3, 0.4) is 0 Å². The SMILES string of the molecule is Cc1cc(C(N)CC#N)ccc1C#N. The average Bonchev–Trinajstić information content (AvgIpc) is 2.18. The Morgan fingerprint density at radius 2 is 2.14 bits per heavy atom. The number of hydrogen-bond acceptors (Lipinski definition) is 3. The fourth-order valence-corrected chi connectivity index (χ4v) is 1.26. The highest BCUT2D eigenvalue weighted by molar-refractivity contribution is 5.40. The van der Waals surface area contributed by atoms with Crippen LogP contribution in [0.4, 0.5) is 0 Å². The van der Waals surface area contributed by atoms with Crippen molar-refractivity contribution in [2.45, 2.75) is 19.4 Å². The van der Waals surface area contributed by atoms with E-state index in [2.05, 4.69) is 6.07 Å². The third kappa shape index (κ3) is 2.10. The van der Waals surface area contributed by atoms with Crippen molar-refractivity contribution in [1.82, 2.24) is 0 Å². The quantitative estimate of drug-likeness (QED) is 0.763. The molecule has 0 aliphatic heterocycles. The predicted molar refractivity (Wildman–Crippen MR) is 53.1 cm³/mol. The first-order valence-corrected chi connectivity index (χ1v) is 4.32. The molecule has 0 radical (unpaired) electrons. The van der Waals surface area contributed by atoms with Gasteiger partial charge in [0.25, 0.3) is 0 Å². The van der Waals surface area contributed by atoms with Gasteiger partial charge in [0.15, 0.2) is 0 Å². The van der Waals surface area contributed by atoms with E-state index >= 15 is 0 Å². The average molecular weight is 185 g/mol. The first-order valence-electron chi connectivity index (χ1n) is 4.32. The molecular formula is C11H11N3. The lowest BCUT2D eigenvalue weighted by Gasteiger charge is -2.08. The highest BCUT2D eigenvalue weighted by Crippen LogP contribution is 2.17. The topological polar surface area (TPSA) is 73.6 Å². The molecule has 0 aliphatic rings. The van der Waals surface area contributed by atoms with E-state index in [0.29, 0.717) is 12.0 Å². The Balaban J connectivity index is 2.99. The maximum absolute atomic E-state index is 8.72. The summed E-state index contributed by atoms with van der Waals surface area (Å²) >= 11 is 0. The molecule has 3 nitrogen and oxygen atoms in total. The summed E-state index contributed by atoms with van der Waals surface area (Å²) in [5.41, 5.74) is 8.22. The molecule has 1 rings (SSSR count). The Morgan fingerprint density at radius 3 is 2.64 bits per heavy atom. The standard InChI is InChI=1S/C11H11N3/c1-8-6-9(11(14)4-5-12)2-3-10(8)7-13/h2-3,6,11H,4,14H2,1H3. The van der Waals surface area contributed by atoms with Crippen LogP contribution >= 0.6 is 0 Å². The van der Waals surface area contributed by atoms with Crippen molar-refractivity contribution in [2.75, 3.05) is 0 Å². The molecule has 1 atom stereocenters. The van der Waals surface area contributed by atoms with Crippen molar-refractivity contribution in [3.05, 3.63) is 34.9 Å². The molecule has 1 aromatic rings. The van der Waals surface area contributed by atoms with Gasteiger partial charge < -0.3 is 5.73 Å². The first-order chi connectivity index (χ1) is 6.69. The molecule has 0 fully saturated rings. The second-order valence-corrected chi connectivity index (χ2v) is 3.15. The van der Waals surface area contributed by atoms with Crippen LogP contribution in [0.25, 0.3) is 0 Å². The maximum atomic E-state index is 8.72. The lowest BCUT2D eigenvalue weighted by atomic mass is 10.00. The number of rotatable bonds is 2. The monoisotopic (exact) mass is 185 g/mol. The summed E-state index contributed by atoms with van der Waals surface area (Å²) in [4.78, 5) is 0. The molecule has 0 saturated carbocycles. The van der Waals surface area contributed by atoms with Gasteiger partial charge in [0.2, 0.25) is 0 Å². The van der Waals surface area contributed by atoms with E-state index in [1.807, 2.05) is 19.1 Å². The van der Waals surface area contributed by atoms with Crippen LogP contribution in [-0.2, 0) is 0 Å². The minimum Gasteiger partial charge on any atom is -0.323 e. The molecule has 3 heteroatoms. The van der Waals surface area contributed by atoms with E-state index < -0.39 is 0 Å². The normalized spacial score (nSPS) is 11.4. The molecule has 1 unspecified atom stereocenters. The van der Waals surface area contributed by atoms with Crippen LogP contribution in [0.15, 0.2) is 18.2 Å². The van der Waals surface area contributed by atoms with Crippen LogP contribution in [0.5, 0.6) is 0 Å². The molecule has 0 saturated heterocycles. The van der Waals surface area contributed by atoms with Crippen LogP contribution < -0.4 is 5.73 Å². The molecule has 0 spiro atoms. The number of benzene rings is 1. The first kappa shape index (κ1) is 10.2. The lowest BCUT2D eigenvalue weighted by Crippen LogP contribution is -2.09. The Labute approximate surface area is 83.4 Å². The zero-order valence-electron chi connectivity index (χ0n) is 7.99. The zero-order chi connectivity index (χ0) is 10.6. The number of nitrogens with zero attached hydrogens (tertiary/aromatic N) is 2.